The first-order valence-corrected chi connectivity index (χ1v) is 11.0. The standard InChI is InChI=1S/C23H20ClFN8O2/c1-11(28-19-17-18(30-23(26)31-19)27-10-32(2)21(17)34)20-29-15-8-4-7-14(24)16(15)22(35)33(20)13-6-3-5-12(25)9-13/h3-9,11H,10H2,1-2H3,(H4,26,27,28,30,31). The lowest BCUT2D eigenvalue weighted by Gasteiger charge is -2.28. The van der Waals surface area contributed by atoms with Crippen LogP contribution in [0.5, 0.6) is 0 Å². The number of anilines is 3. The van der Waals surface area contributed by atoms with Gasteiger partial charge in [-0.1, -0.05) is 23.7 Å². The summed E-state index contributed by atoms with van der Waals surface area (Å²) in [5.74, 6) is -0.118. The molecule has 1 aliphatic heterocycles. The summed E-state index contributed by atoms with van der Waals surface area (Å²) in [6.07, 6.45) is 0. The van der Waals surface area contributed by atoms with E-state index in [-0.39, 0.29) is 51.8 Å². The fourth-order valence-corrected chi connectivity index (χ4v) is 4.25. The van der Waals surface area contributed by atoms with Crippen LogP contribution in [-0.2, 0) is 0 Å². The molecule has 5 rings (SSSR count). The second-order valence-electron chi connectivity index (χ2n) is 8.08. The highest BCUT2D eigenvalue weighted by atomic mass is 35.5. The molecule has 1 amide bonds. The Labute approximate surface area is 203 Å². The molecule has 0 aliphatic carbocycles. The van der Waals surface area contributed by atoms with E-state index in [0.29, 0.717) is 11.3 Å². The number of carbonyl (C=O) groups excluding carboxylic acids is 1. The van der Waals surface area contributed by atoms with Gasteiger partial charge in [-0.15, -0.1) is 0 Å². The molecule has 4 N–H and O–H groups in total. The smallest absolute Gasteiger partial charge is 0.267 e. The number of halogens is 2. The van der Waals surface area contributed by atoms with Crippen LogP contribution < -0.4 is 21.9 Å². The fraction of sp³-hybridized carbons (Fsp3) is 0.174. The third-order valence-corrected chi connectivity index (χ3v) is 5.97. The number of amides is 1. The number of nitrogens with two attached hydrogens (primary N) is 1. The molecule has 35 heavy (non-hydrogen) atoms. The summed E-state index contributed by atoms with van der Waals surface area (Å²) in [4.78, 5) is 40.9. The molecule has 10 nitrogen and oxygen atoms in total. The summed E-state index contributed by atoms with van der Waals surface area (Å²) >= 11 is 6.32. The predicted molar refractivity (Wildman–Crippen MR) is 131 cm³/mol. The molecule has 0 radical (unpaired) electrons. The Kier molecular flexibility index (Phi) is 5.48. The molecule has 3 heterocycles. The van der Waals surface area contributed by atoms with Crippen LogP contribution in [-0.4, -0.2) is 44.0 Å². The Bertz CT molecular complexity index is 1560. The van der Waals surface area contributed by atoms with Crippen LogP contribution in [0.15, 0.2) is 47.3 Å². The molecule has 0 fully saturated rings. The molecule has 0 saturated heterocycles. The van der Waals surface area contributed by atoms with E-state index >= 15 is 0 Å². The summed E-state index contributed by atoms with van der Waals surface area (Å²) < 4.78 is 15.4. The summed E-state index contributed by atoms with van der Waals surface area (Å²) in [5.41, 5.74) is 6.27. The minimum Gasteiger partial charge on any atom is -0.368 e. The van der Waals surface area contributed by atoms with E-state index < -0.39 is 17.4 Å². The molecule has 1 unspecified atom stereocenters. The molecule has 2 aromatic heterocycles. The molecule has 0 spiro atoms. The highest BCUT2D eigenvalue weighted by Gasteiger charge is 2.29. The number of aromatic nitrogens is 4. The highest BCUT2D eigenvalue weighted by molar-refractivity contribution is 6.35. The van der Waals surface area contributed by atoms with E-state index in [9.17, 15) is 14.0 Å². The summed E-state index contributed by atoms with van der Waals surface area (Å²) in [7, 11) is 1.64. The first kappa shape index (κ1) is 22.5. The van der Waals surface area contributed by atoms with Crippen LogP contribution in [0.25, 0.3) is 16.6 Å². The number of hydrogen-bond donors (Lipinski definition) is 3. The van der Waals surface area contributed by atoms with Crippen molar-refractivity contribution in [1.29, 1.82) is 0 Å². The first-order chi connectivity index (χ1) is 16.7. The third-order valence-electron chi connectivity index (χ3n) is 5.65. The van der Waals surface area contributed by atoms with Crippen LogP contribution in [0, 0.1) is 5.82 Å². The molecule has 178 valence electrons. The second kappa shape index (κ2) is 8.51. The summed E-state index contributed by atoms with van der Waals surface area (Å²) in [6, 6.07) is 9.88. The Morgan fingerprint density at radius 3 is 2.71 bits per heavy atom. The van der Waals surface area contributed by atoms with Gasteiger partial charge in [-0.3, -0.25) is 14.2 Å². The molecular formula is C23H20ClFN8O2. The predicted octanol–water partition coefficient (Wildman–Crippen LogP) is 3.18. The first-order valence-electron chi connectivity index (χ1n) is 10.6. The number of fused-ring (bicyclic) bond motifs is 2. The number of rotatable bonds is 4. The van der Waals surface area contributed by atoms with Crippen LogP contribution in [0.4, 0.5) is 22.0 Å². The van der Waals surface area contributed by atoms with Crippen LogP contribution in [0.1, 0.15) is 29.1 Å². The van der Waals surface area contributed by atoms with Gasteiger partial charge < -0.3 is 21.3 Å². The van der Waals surface area contributed by atoms with E-state index in [2.05, 4.69) is 25.6 Å². The van der Waals surface area contributed by atoms with Crippen molar-refractivity contribution < 1.29 is 9.18 Å². The maximum absolute atomic E-state index is 14.1. The number of nitrogens with one attached hydrogen (secondary N) is 2. The SMILES string of the molecule is CC(Nc1nc(N)nc2c1C(=O)N(C)CN2)c1nc2cccc(Cl)c2c(=O)n1-c1cccc(F)c1. The number of nitrogen functional groups attached to an aromatic ring is 1. The molecule has 1 aliphatic rings. The minimum atomic E-state index is -0.673. The van der Waals surface area contributed by atoms with Crippen molar-refractivity contribution in [1.82, 2.24) is 24.4 Å². The van der Waals surface area contributed by atoms with Crippen molar-refractivity contribution in [2.24, 2.45) is 0 Å². The van der Waals surface area contributed by atoms with Crippen LogP contribution in [0.3, 0.4) is 0 Å². The maximum Gasteiger partial charge on any atom is 0.267 e. The Hall–Kier alpha value is -4.25. The number of benzene rings is 2. The molecule has 0 bridgehead atoms. The van der Waals surface area contributed by atoms with Gasteiger partial charge in [-0.2, -0.15) is 9.97 Å². The average Bonchev–Trinajstić information content (AvgIpc) is 2.81. The molecular weight excluding hydrogens is 475 g/mol. The Balaban J connectivity index is 1.70. The molecule has 12 heteroatoms. The van der Waals surface area contributed by atoms with Crippen molar-refractivity contribution in [3.8, 4) is 5.69 Å². The van der Waals surface area contributed by atoms with E-state index in [4.69, 9.17) is 17.3 Å². The van der Waals surface area contributed by atoms with Gasteiger partial charge >= 0.3 is 0 Å². The van der Waals surface area contributed by atoms with E-state index in [0.717, 1.165) is 0 Å². The van der Waals surface area contributed by atoms with Gasteiger partial charge in [0.1, 0.15) is 28.8 Å². The Morgan fingerprint density at radius 1 is 1.17 bits per heavy atom. The maximum atomic E-state index is 14.1. The summed E-state index contributed by atoms with van der Waals surface area (Å²) in [6.45, 7) is 2.01. The molecule has 2 aromatic carbocycles. The van der Waals surface area contributed by atoms with Crippen LogP contribution in [0.2, 0.25) is 5.02 Å². The molecule has 0 saturated carbocycles. The van der Waals surface area contributed by atoms with Crippen molar-refractivity contribution in [3.63, 3.8) is 0 Å². The van der Waals surface area contributed by atoms with Crippen molar-refractivity contribution in [2.75, 3.05) is 30.1 Å². The van der Waals surface area contributed by atoms with E-state index in [1.165, 1.54) is 27.7 Å². The van der Waals surface area contributed by atoms with Gasteiger partial charge in [0, 0.05) is 7.05 Å². The van der Waals surface area contributed by atoms with Gasteiger partial charge in [0.2, 0.25) is 5.95 Å². The van der Waals surface area contributed by atoms with Crippen LogP contribution >= 0.6 is 11.6 Å². The van der Waals surface area contributed by atoms with Gasteiger partial charge in [-0.25, -0.2) is 9.37 Å². The van der Waals surface area contributed by atoms with E-state index in [1.807, 2.05) is 0 Å². The van der Waals surface area contributed by atoms with Gasteiger partial charge in [0.05, 0.1) is 34.3 Å². The highest BCUT2D eigenvalue weighted by Crippen LogP contribution is 2.30. The van der Waals surface area contributed by atoms with Gasteiger partial charge in [0.15, 0.2) is 0 Å². The van der Waals surface area contributed by atoms with E-state index in [1.54, 1.807) is 38.2 Å². The second-order valence-corrected chi connectivity index (χ2v) is 8.49. The quantitative estimate of drug-likeness (QED) is 0.394. The number of nitrogens with zero attached hydrogens (tertiary/aromatic N) is 5. The normalized spacial score (nSPS) is 13.9. The van der Waals surface area contributed by atoms with Gasteiger partial charge in [0.25, 0.3) is 11.5 Å². The monoisotopic (exact) mass is 494 g/mol. The lowest BCUT2D eigenvalue weighted by atomic mass is 10.1. The van der Waals surface area contributed by atoms with Crippen molar-refractivity contribution in [2.45, 2.75) is 13.0 Å². The zero-order chi connectivity index (χ0) is 24.9. The number of carbonyl (C=O) groups is 1. The lowest BCUT2D eigenvalue weighted by Crippen LogP contribution is -2.38. The third kappa shape index (κ3) is 3.89. The number of hydrogen-bond acceptors (Lipinski definition) is 8. The topological polar surface area (TPSA) is 131 Å². The fourth-order valence-electron chi connectivity index (χ4n) is 4.00. The largest absolute Gasteiger partial charge is 0.368 e. The minimum absolute atomic E-state index is 0.0379. The van der Waals surface area contributed by atoms with Gasteiger partial charge in [-0.05, 0) is 37.3 Å². The average molecular weight is 495 g/mol. The van der Waals surface area contributed by atoms with Crippen molar-refractivity contribution >= 4 is 46.0 Å². The Morgan fingerprint density at radius 2 is 1.94 bits per heavy atom. The zero-order valence-electron chi connectivity index (χ0n) is 18.7. The molecule has 1 atom stereocenters. The van der Waals surface area contributed by atoms with Crippen molar-refractivity contribution in [3.05, 3.63) is 75.0 Å². The molecule has 4 aromatic rings. The lowest BCUT2D eigenvalue weighted by molar-refractivity contribution is 0.0796. The zero-order valence-corrected chi connectivity index (χ0v) is 19.5. The summed E-state index contributed by atoms with van der Waals surface area (Å²) in [5, 5.41) is 6.61.